The normalized spacial score (nSPS) is 31.0. The van der Waals surface area contributed by atoms with E-state index >= 15 is 0 Å². The number of halogens is 4. The van der Waals surface area contributed by atoms with Gasteiger partial charge < -0.3 is 0 Å². The minimum absolute atomic E-state index is 0.102. The molecule has 4 heterocycles. The molecule has 3 nitrogen and oxygen atoms in total. The minimum atomic E-state index is -0.252. The number of carbonyl (C=O) groups excluding carboxylic acids is 1. The number of carbonyl (C=O) groups is 1. The molecule has 7 heteroatoms. The van der Waals surface area contributed by atoms with Crippen molar-refractivity contribution in [3.8, 4) is 0 Å². The lowest BCUT2D eigenvalue weighted by molar-refractivity contribution is -0.208. The Morgan fingerprint density at radius 1 is 0.436 bits per heavy atom. The number of nitrogens with zero attached hydrogens (tertiary/aromatic N) is 2. The van der Waals surface area contributed by atoms with Gasteiger partial charge in [0.1, 0.15) is 5.78 Å². The van der Waals surface area contributed by atoms with Crippen molar-refractivity contribution in [2.24, 2.45) is 11.8 Å². The van der Waals surface area contributed by atoms with Crippen molar-refractivity contribution in [3.05, 3.63) is 139 Å². The number of benzene rings is 4. The third-order valence-corrected chi connectivity index (χ3v) is 9.63. The van der Waals surface area contributed by atoms with E-state index in [1.165, 1.54) is 0 Å². The molecule has 0 aliphatic carbocycles. The van der Waals surface area contributed by atoms with Gasteiger partial charge in [-0.2, -0.15) is 0 Å². The summed E-state index contributed by atoms with van der Waals surface area (Å²) in [6.45, 7) is 0.696. The Morgan fingerprint density at radius 3 is 0.897 bits per heavy atom. The average molecular weight is 594 g/mol. The third-order valence-electron chi connectivity index (χ3n) is 8.62. The van der Waals surface area contributed by atoms with Crippen LogP contribution in [0.3, 0.4) is 0 Å². The fourth-order valence-electron chi connectivity index (χ4n) is 7.14. The maximum Gasteiger partial charge on any atom is 0.146 e. The van der Waals surface area contributed by atoms with Crippen LogP contribution in [0.4, 0.5) is 0 Å². The Balaban J connectivity index is 1.44. The van der Waals surface area contributed by atoms with Gasteiger partial charge in [0.2, 0.25) is 0 Å². The molecule has 4 fully saturated rings. The second-order valence-corrected chi connectivity index (χ2v) is 12.4. The summed E-state index contributed by atoms with van der Waals surface area (Å²) in [7, 11) is 0. The highest BCUT2D eigenvalue weighted by Crippen LogP contribution is 2.64. The summed E-state index contributed by atoms with van der Waals surface area (Å²) in [5.74, 6) is -0.224. The summed E-state index contributed by atoms with van der Waals surface area (Å²) in [5.41, 5.74) is 4.38. The average Bonchev–Trinajstić information content (AvgIpc) is 2.94. The van der Waals surface area contributed by atoms with Crippen molar-refractivity contribution in [2.45, 2.75) is 24.2 Å². The van der Waals surface area contributed by atoms with Crippen LogP contribution in [0.15, 0.2) is 97.1 Å². The first-order chi connectivity index (χ1) is 18.9. The fraction of sp³-hybridized carbons (Fsp3) is 0.219. The largest absolute Gasteiger partial charge is 0.299 e. The summed E-state index contributed by atoms with van der Waals surface area (Å²) in [5, 5.41) is 2.72. The van der Waals surface area contributed by atoms with Gasteiger partial charge in [0.15, 0.2) is 0 Å². The molecule has 0 radical (unpaired) electrons. The van der Waals surface area contributed by atoms with Gasteiger partial charge in [0.25, 0.3) is 0 Å². The van der Waals surface area contributed by atoms with Crippen LogP contribution in [-0.2, 0) is 4.79 Å². The van der Waals surface area contributed by atoms with E-state index in [1.807, 2.05) is 48.5 Å². The Morgan fingerprint density at radius 2 is 0.667 bits per heavy atom. The summed E-state index contributed by atoms with van der Waals surface area (Å²) in [6.07, 6.45) is 0. The molecular formula is C32H24Cl4N2O. The second-order valence-electron chi connectivity index (χ2n) is 10.6. The van der Waals surface area contributed by atoms with Gasteiger partial charge in [-0.15, -0.1) is 0 Å². The molecule has 0 saturated carbocycles. The summed E-state index contributed by atoms with van der Waals surface area (Å²) < 4.78 is 0. The number of hydrogen-bond donors (Lipinski definition) is 0. The van der Waals surface area contributed by atoms with Crippen LogP contribution < -0.4 is 0 Å². The fourth-order valence-corrected chi connectivity index (χ4v) is 7.64. The zero-order valence-electron chi connectivity index (χ0n) is 20.7. The van der Waals surface area contributed by atoms with Crippen molar-refractivity contribution < 1.29 is 4.79 Å². The number of ketones is 1. The maximum atomic E-state index is 14.8. The monoisotopic (exact) mass is 592 g/mol. The summed E-state index contributed by atoms with van der Waals surface area (Å²) in [4.78, 5) is 19.8. The highest BCUT2D eigenvalue weighted by molar-refractivity contribution is 6.31. The quantitative estimate of drug-likeness (QED) is 0.236. The van der Waals surface area contributed by atoms with Crippen LogP contribution in [0.25, 0.3) is 0 Å². The predicted octanol–water partition coefficient (Wildman–Crippen LogP) is 8.97. The Kier molecular flexibility index (Phi) is 6.51. The number of Topliss-reactive ketones (excluding diaryl/α,β-unsaturated/α-hetero) is 1. The van der Waals surface area contributed by atoms with Gasteiger partial charge >= 0.3 is 0 Å². The molecular weight excluding hydrogens is 570 g/mol. The van der Waals surface area contributed by atoms with E-state index in [1.54, 1.807) is 0 Å². The lowest BCUT2D eigenvalue weighted by Crippen LogP contribution is -2.69. The first-order valence-electron chi connectivity index (χ1n) is 13.0. The molecule has 196 valence electrons. The molecule has 39 heavy (non-hydrogen) atoms. The zero-order chi connectivity index (χ0) is 26.8. The third kappa shape index (κ3) is 4.23. The molecule has 4 bridgehead atoms. The van der Waals surface area contributed by atoms with Gasteiger partial charge in [0.05, 0.1) is 18.5 Å². The van der Waals surface area contributed by atoms with E-state index in [9.17, 15) is 4.79 Å². The van der Waals surface area contributed by atoms with Crippen LogP contribution in [0, 0.1) is 11.8 Å². The molecule has 6 atom stereocenters. The van der Waals surface area contributed by atoms with Gasteiger partial charge in [0, 0.05) is 44.3 Å². The standard InChI is InChI=1S/C32H24Cl4N2O/c33-22-9-1-18(2-10-22)28-26-29(19-3-11-23(34)12-4-19)38-17-37(28)30(20-5-13-24(35)14-6-20)27(32(26)39)31(38)21-7-15-25(36)16-8-21/h1-16,26-31H,17H2/t26?,27?,28-,29-,30+,31+. The molecule has 0 spiro atoms. The van der Waals surface area contributed by atoms with Crippen molar-refractivity contribution in [2.75, 3.05) is 6.67 Å². The maximum absolute atomic E-state index is 14.8. The van der Waals surface area contributed by atoms with Gasteiger partial charge in [-0.05, 0) is 70.8 Å². The van der Waals surface area contributed by atoms with Crippen LogP contribution in [0.1, 0.15) is 46.4 Å². The molecule has 4 aliphatic rings. The van der Waals surface area contributed by atoms with Crippen LogP contribution in [-0.4, -0.2) is 22.3 Å². The van der Waals surface area contributed by atoms with E-state index < -0.39 is 0 Å². The predicted molar refractivity (Wildman–Crippen MR) is 157 cm³/mol. The van der Waals surface area contributed by atoms with Crippen LogP contribution >= 0.6 is 46.4 Å². The van der Waals surface area contributed by atoms with Crippen molar-refractivity contribution in [3.63, 3.8) is 0 Å². The lowest BCUT2D eigenvalue weighted by atomic mass is 9.60. The molecule has 0 amide bonds. The van der Waals surface area contributed by atoms with Gasteiger partial charge in [-0.3, -0.25) is 14.6 Å². The first-order valence-corrected chi connectivity index (χ1v) is 14.5. The summed E-state index contributed by atoms with van der Waals surface area (Å²) in [6, 6.07) is 31.4. The topological polar surface area (TPSA) is 23.6 Å². The van der Waals surface area contributed by atoms with Gasteiger partial charge in [-0.25, -0.2) is 0 Å². The van der Waals surface area contributed by atoms with Crippen LogP contribution in [0.5, 0.6) is 0 Å². The van der Waals surface area contributed by atoms with Gasteiger partial charge in [-0.1, -0.05) is 94.9 Å². The Labute approximate surface area is 247 Å². The lowest BCUT2D eigenvalue weighted by Gasteiger charge is -2.67. The van der Waals surface area contributed by atoms with Crippen LogP contribution in [0.2, 0.25) is 20.1 Å². The molecule has 4 saturated heterocycles. The molecule has 0 aromatic heterocycles. The summed E-state index contributed by atoms with van der Waals surface area (Å²) >= 11 is 25.1. The molecule has 4 aromatic rings. The van der Waals surface area contributed by atoms with E-state index in [-0.39, 0.29) is 41.8 Å². The Hall–Kier alpha value is -2.37. The first kappa shape index (κ1) is 25.6. The molecule has 0 N–H and O–H groups in total. The molecule has 8 rings (SSSR count). The SMILES string of the molecule is O=C1C2[C@@H](c3ccc(Cl)cc3)N3CN([C@@H]2c2ccc(Cl)cc2)[C@@H](c2ccc(Cl)cc2)C1[C@@H]3c1ccc(Cl)cc1. The number of piperidine rings is 2. The number of rotatable bonds is 4. The van der Waals surface area contributed by atoms with E-state index in [0.717, 1.165) is 22.3 Å². The highest BCUT2D eigenvalue weighted by atomic mass is 35.5. The van der Waals surface area contributed by atoms with Crippen molar-refractivity contribution in [1.82, 2.24) is 9.80 Å². The Bertz CT molecular complexity index is 1300. The second kappa shape index (κ2) is 9.92. The minimum Gasteiger partial charge on any atom is -0.299 e. The molecule has 2 unspecified atom stereocenters. The van der Waals surface area contributed by atoms with E-state index in [4.69, 9.17) is 46.4 Å². The van der Waals surface area contributed by atoms with E-state index in [2.05, 4.69) is 58.3 Å². The smallest absolute Gasteiger partial charge is 0.146 e. The van der Waals surface area contributed by atoms with E-state index in [0.29, 0.717) is 26.8 Å². The number of hydrogen-bond acceptors (Lipinski definition) is 3. The highest BCUT2D eigenvalue weighted by Gasteiger charge is 2.65. The molecule has 4 aromatic carbocycles. The molecule has 4 aliphatic heterocycles. The van der Waals surface area contributed by atoms with Crippen molar-refractivity contribution >= 4 is 52.2 Å². The van der Waals surface area contributed by atoms with Crippen molar-refractivity contribution in [1.29, 1.82) is 0 Å². The zero-order valence-corrected chi connectivity index (χ0v) is 23.7.